The van der Waals surface area contributed by atoms with Crippen molar-refractivity contribution in [3.8, 4) is 11.8 Å². The van der Waals surface area contributed by atoms with E-state index in [1.54, 1.807) is 13.3 Å². The van der Waals surface area contributed by atoms with Gasteiger partial charge in [0.15, 0.2) is 0 Å². The van der Waals surface area contributed by atoms with Crippen molar-refractivity contribution in [1.82, 2.24) is 9.97 Å². The average molecular weight is 259 g/mol. The third kappa shape index (κ3) is 3.42. The summed E-state index contributed by atoms with van der Waals surface area (Å²) in [7, 11) is 1.64. The van der Waals surface area contributed by atoms with Gasteiger partial charge in [0.05, 0.1) is 7.11 Å². The van der Waals surface area contributed by atoms with Crippen molar-refractivity contribution in [2.24, 2.45) is 5.73 Å². The summed E-state index contributed by atoms with van der Waals surface area (Å²) in [6, 6.07) is 8.04. The van der Waals surface area contributed by atoms with E-state index in [-0.39, 0.29) is 0 Å². The van der Waals surface area contributed by atoms with Gasteiger partial charge in [0.1, 0.15) is 12.4 Å². The Hall–Kier alpha value is -2.14. The Kier molecular flexibility index (Phi) is 4.30. The second-order valence-electron chi connectivity index (χ2n) is 4.10. The average Bonchev–Trinajstić information content (AvgIpc) is 2.46. The van der Waals surface area contributed by atoms with Crippen LogP contribution in [-0.2, 0) is 13.2 Å². The van der Waals surface area contributed by atoms with E-state index in [2.05, 4.69) is 9.97 Å². The van der Waals surface area contributed by atoms with Gasteiger partial charge in [-0.3, -0.25) is 0 Å². The highest BCUT2D eigenvalue weighted by Gasteiger charge is 2.03. The van der Waals surface area contributed by atoms with Gasteiger partial charge in [-0.05, 0) is 24.6 Å². The van der Waals surface area contributed by atoms with Crippen LogP contribution in [0.1, 0.15) is 16.8 Å². The molecule has 0 atom stereocenters. The highest BCUT2D eigenvalue weighted by Crippen LogP contribution is 2.13. The van der Waals surface area contributed by atoms with Crippen molar-refractivity contribution in [2.45, 2.75) is 20.1 Å². The molecule has 19 heavy (non-hydrogen) atoms. The van der Waals surface area contributed by atoms with Crippen molar-refractivity contribution in [3.63, 3.8) is 0 Å². The van der Waals surface area contributed by atoms with Crippen LogP contribution in [0.5, 0.6) is 11.8 Å². The second-order valence-corrected chi connectivity index (χ2v) is 4.10. The van der Waals surface area contributed by atoms with Crippen molar-refractivity contribution < 1.29 is 9.47 Å². The molecule has 0 saturated carbocycles. The molecule has 1 aromatic heterocycles. The van der Waals surface area contributed by atoms with E-state index in [9.17, 15) is 0 Å². The third-order valence-electron chi connectivity index (χ3n) is 2.81. The normalized spacial score (nSPS) is 10.3. The molecule has 0 bridgehead atoms. The fourth-order valence-electron chi connectivity index (χ4n) is 1.61. The van der Waals surface area contributed by atoms with Crippen LogP contribution in [0.2, 0.25) is 0 Å². The molecule has 5 nitrogen and oxygen atoms in total. The van der Waals surface area contributed by atoms with Gasteiger partial charge in [-0.15, -0.1) is 0 Å². The summed E-state index contributed by atoms with van der Waals surface area (Å²) < 4.78 is 10.6. The summed E-state index contributed by atoms with van der Waals surface area (Å²) in [5.41, 5.74) is 8.37. The van der Waals surface area contributed by atoms with E-state index in [0.717, 1.165) is 22.6 Å². The maximum absolute atomic E-state index is 5.56. The van der Waals surface area contributed by atoms with E-state index in [0.29, 0.717) is 19.2 Å². The zero-order valence-electron chi connectivity index (χ0n) is 11.1. The molecule has 1 heterocycles. The van der Waals surface area contributed by atoms with E-state index >= 15 is 0 Å². The number of hydrogen-bond acceptors (Lipinski definition) is 5. The van der Waals surface area contributed by atoms with Crippen LogP contribution in [-0.4, -0.2) is 17.1 Å². The van der Waals surface area contributed by atoms with Crippen molar-refractivity contribution in [3.05, 3.63) is 47.3 Å². The maximum Gasteiger partial charge on any atom is 0.316 e. The molecule has 100 valence electrons. The topological polar surface area (TPSA) is 70.3 Å². The molecule has 2 aromatic rings. The molecule has 5 heteroatoms. The molecule has 0 aliphatic rings. The predicted molar refractivity (Wildman–Crippen MR) is 72.0 cm³/mol. The lowest BCUT2D eigenvalue weighted by molar-refractivity contribution is 0.279. The van der Waals surface area contributed by atoms with Gasteiger partial charge in [-0.2, -0.15) is 0 Å². The minimum Gasteiger partial charge on any atom is -0.497 e. The highest BCUT2D eigenvalue weighted by atomic mass is 16.5. The number of benzene rings is 1. The Balaban J connectivity index is 1.99. The van der Waals surface area contributed by atoms with Gasteiger partial charge in [-0.25, -0.2) is 9.97 Å². The van der Waals surface area contributed by atoms with Gasteiger partial charge >= 0.3 is 6.01 Å². The number of rotatable bonds is 5. The molecule has 2 N–H and O–H groups in total. The highest BCUT2D eigenvalue weighted by molar-refractivity contribution is 5.27. The molecule has 0 fully saturated rings. The quantitative estimate of drug-likeness (QED) is 0.887. The molecular formula is C14H17N3O2. The van der Waals surface area contributed by atoms with Gasteiger partial charge in [0.2, 0.25) is 0 Å². The number of nitrogens with zero attached hydrogens (tertiary/aromatic N) is 2. The summed E-state index contributed by atoms with van der Waals surface area (Å²) >= 11 is 0. The first-order chi connectivity index (χ1) is 9.22. The Labute approximate surface area is 112 Å². The molecule has 2 rings (SSSR count). The van der Waals surface area contributed by atoms with E-state index in [4.69, 9.17) is 15.2 Å². The zero-order chi connectivity index (χ0) is 13.7. The van der Waals surface area contributed by atoms with Crippen LogP contribution in [0.25, 0.3) is 0 Å². The first kappa shape index (κ1) is 13.3. The van der Waals surface area contributed by atoms with Gasteiger partial charge in [0.25, 0.3) is 0 Å². The Bertz CT molecular complexity index is 541. The smallest absolute Gasteiger partial charge is 0.316 e. The van der Waals surface area contributed by atoms with Crippen LogP contribution in [0.4, 0.5) is 0 Å². The Morgan fingerprint density at radius 3 is 2.53 bits per heavy atom. The van der Waals surface area contributed by atoms with Gasteiger partial charge < -0.3 is 15.2 Å². The summed E-state index contributed by atoms with van der Waals surface area (Å²) in [6.07, 6.45) is 1.70. The van der Waals surface area contributed by atoms with E-state index < -0.39 is 0 Å². The first-order valence-corrected chi connectivity index (χ1v) is 6.01. The van der Waals surface area contributed by atoms with Gasteiger partial charge in [-0.1, -0.05) is 12.1 Å². The Morgan fingerprint density at radius 2 is 1.95 bits per heavy atom. The van der Waals surface area contributed by atoms with Crippen LogP contribution >= 0.6 is 0 Å². The van der Waals surface area contributed by atoms with E-state index in [1.165, 1.54) is 0 Å². The van der Waals surface area contributed by atoms with Crippen LogP contribution in [0.15, 0.2) is 30.5 Å². The maximum atomic E-state index is 5.56. The lowest BCUT2D eigenvalue weighted by Gasteiger charge is -2.07. The van der Waals surface area contributed by atoms with Crippen LogP contribution in [0, 0.1) is 6.92 Å². The number of aromatic nitrogens is 2. The molecule has 0 radical (unpaired) electrons. The fraction of sp³-hybridized carbons (Fsp3) is 0.286. The minimum absolute atomic E-state index is 0.366. The van der Waals surface area contributed by atoms with Crippen molar-refractivity contribution >= 4 is 0 Å². The molecule has 0 aliphatic heterocycles. The molecule has 0 spiro atoms. The molecule has 0 unspecified atom stereocenters. The fourth-order valence-corrected chi connectivity index (χ4v) is 1.61. The van der Waals surface area contributed by atoms with Crippen molar-refractivity contribution in [1.29, 1.82) is 0 Å². The third-order valence-corrected chi connectivity index (χ3v) is 2.81. The molecule has 0 saturated heterocycles. The SMILES string of the molecule is COc1ccc(COc2ncc(CN)c(C)n2)cc1. The molecule has 1 aromatic carbocycles. The van der Waals surface area contributed by atoms with Gasteiger partial charge in [0, 0.05) is 24.0 Å². The largest absolute Gasteiger partial charge is 0.497 e. The summed E-state index contributed by atoms with van der Waals surface area (Å²) in [6.45, 7) is 2.75. The second kappa shape index (κ2) is 6.15. The molecule has 0 aliphatic carbocycles. The predicted octanol–water partition coefficient (Wildman–Crippen LogP) is 1.83. The van der Waals surface area contributed by atoms with Crippen LogP contribution < -0.4 is 15.2 Å². The lowest BCUT2D eigenvalue weighted by atomic mass is 10.2. The monoisotopic (exact) mass is 259 g/mol. The number of nitrogens with two attached hydrogens (primary N) is 1. The number of ether oxygens (including phenoxy) is 2. The van der Waals surface area contributed by atoms with E-state index in [1.807, 2.05) is 31.2 Å². The molecule has 0 amide bonds. The summed E-state index contributed by atoms with van der Waals surface area (Å²) in [4.78, 5) is 8.38. The molecular weight excluding hydrogens is 242 g/mol. The summed E-state index contributed by atoms with van der Waals surface area (Å²) in [5, 5.41) is 0. The lowest BCUT2D eigenvalue weighted by Crippen LogP contribution is -2.05. The van der Waals surface area contributed by atoms with Crippen molar-refractivity contribution in [2.75, 3.05) is 7.11 Å². The minimum atomic E-state index is 0.366. The number of aryl methyl sites for hydroxylation is 1. The zero-order valence-corrected chi connectivity index (χ0v) is 11.1. The number of methoxy groups -OCH3 is 1. The Morgan fingerprint density at radius 1 is 1.21 bits per heavy atom. The van der Waals surface area contributed by atoms with Crippen LogP contribution in [0.3, 0.4) is 0 Å². The number of hydrogen-bond donors (Lipinski definition) is 1. The first-order valence-electron chi connectivity index (χ1n) is 6.01. The standard InChI is InChI=1S/C14H17N3O2/c1-10-12(7-15)8-16-14(17-10)19-9-11-3-5-13(18-2)6-4-11/h3-6,8H,7,9,15H2,1-2H3. The summed E-state index contributed by atoms with van der Waals surface area (Å²) in [5.74, 6) is 0.822.